The number of rotatable bonds is 2. The van der Waals surface area contributed by atoms with E-state index < -0.39 is 0 Å². The Morgan fingerprint density at radius 3 is 1.70 bits per heavy atom. The topological polar surface area (TPSA) is 9.86 Å². The van der Waals surface area contributed by atoms with Crippen LogP contribution in [0.5, 0.6) is 0 Å². The number of aromatic nitrogens is 2. The van der Waals surface area contributed by atoms with Crippen molar-refractivity contribution in [1.29, 1.82) is 0 Å². The molecule has 0 unspecified atom stereocenters. The first-order valence-corrected chi connectivity index (χ1v) is 10.4. The van der Waals surface area contributed by atoms with Gasteiger partial charge in [0.15, 0.2) is 0 Å². The highest BCUT2D eigenvalue weighted by atomic mass is 15.0. The summed E-state index contributed by atoms with van der Waals surface area (Å²) in [6.07, 6.45) is 0. The second-order valence-electron chi connectivity index (χ2n) is 7.96. The Kier molecular flexibility index (Phi) is 3.63. The monoisotopic (exact) mass is 386 g/mol. The molecule has 4 aromatic carbocycles. The zero-order chi connectivity index (χ0) is 20.2. The largest absolute Gasteiger partial charge is 0.314 e. The van der Waals surface area contributed by atoms with Crippen molar-refractivity contribution in [2.75, 3.05) is 0 Å². The lowest BCUT2D eigenvalue weighted by molar-refractivity contribution is 1.04. The summed E-state index contributed by atoms with van der Waals surface area (Å²) in [5, 5.41) is 3.88. The van der Waals surface area contributed by atoms with Gasteiger partial charge in [0.1, 0.15) is 0 Å². The maximum absolute atomic E-state index is 2.39. The molecular formula is C28H22N2. The standard InChI is InChI=1S/C28H22N2/c1-19-20(2)29(21-11-5-3-6-12-21)27-18-25-23-15-9-10-16-26(23)30(28(25)17-24(19)27)22-13-7-4-8-14-22/h3-18H,1-2H3. The van der Waals surface area contributed by atoms with Gasteiger partial charge in [-0.1, -0.05) is 54.6 Å². The lowest BCUT2D eigenvalue weighted by Crippen LogP contribution is -1.96. The lowest BCUT2D eigenvalue weighted by Gasteiger charge is -2.09. The van der Waals surface area contributed by atoms with Gasteiger partial charge >= 0.3 is 0 Å². The molecule has 0 N–H and O–H groups in total. The Balaban J connectivity index is 1.79. The van der Waals surface area contributed by atoms with Crippen LogP contribution in [0, 0.1) is 13.8 Å². The van der Waals surface area contributed by atoms with Gasteiger partial charge in [-0.05, 0) is 61.9 Å². The van der Waals surface area contributed by atoms with Gasteiger partial charge in [0.25, 0.3) is 0 Å². The van der Waals surface area contributed by atoms with E-state index in [1.54, 1.807) is 0 Å². The molecule has 2 heterocycles. The Labute approximate surface area is 175 Å². The van der Waals surface area contributed by atoms with Crippen LogP contribution >= 0.6 is 0 Å². The number of hydrogen-bond donors (Lipinski definition) is 0. The number of benzene rings is 4. The van der Waals surface area contributed by atoms with Crippen molar-refractivity contribution in [3.63, 3.8) is 0 Å². The van der Waals surface area contributed by atoms with Crippen LogP contribution in [0.25, 0.3) is 44.1 Å². The van der Waals surface area contributed by atoms with Crippen molar-refractivity contribution < 1.29 is 0 Å². The summed E-state index contributed by atoms with van der Waals surface area (Å²) in [7, 11) is 0. The van der Waals surface area contributed by atoms with E-state index in [1.807, 2.05) is 0 Å². The van der Waals surface area contributed by atoms with E-state index in [1.165, 1.54) is 55.3 Å². The highest BCUT2D eigenvalue weighted by molar-refractivity contribution is 6.14. The third-order valence-electron chi connectivity index (χ3n) is 6.34. The molecular weight excluding hydrogens is 364 g/mol. The molecule has 0 amide bonds. The van der Waals surface area contributed by atoms with E-state index in [0.717, 1.165) is 0 Å². The van der Waals surface area contributed by atoms with E-state index in [2.05, 4.69) is 120 Å². The van der Waals surface area contributed by atoms with Crippen LogP contribution in [-0.4, -0.2) is 9.13 Å². The maximum Gasteiger partial charge on any atom is 0.0548 e. The molecule has 0 aliphatic rings. The molecule has 0 saturated heterocycles. The smallest absolute Gasteiger partial charge is 0.0548 e. The van der Waals surface area contributed by atoms with E-state index in [0.29, 0.717) is 0 Å². The fourth-order valence-electron chi connectivity index (χ4n) is 4.80. The molecule has 30 heavy (non-hydrogen) atoms. The first kappa shape index (κ1) is 17.1. The van der Waals surface area contributed by atoms with Gasteiger partial charge in [0, 0.05) is 33.2 Å². The van der Waals surface area contributed by atoms with Gasteiger partial charge in [-0.15, -0.1) is 0 Å². The Morgan fingerprint density at radius 1 is 0.467 bits per heavy atom. The summed E-state index contributed by atoms with van der Waals surface area (Å²) >= 11 is 0. The Morgan fingerprint density at radius 2 is 1.00 bits per heavy atom. The lowest BCUT2D eigenvalue weighted by atomic mass is 10.1. The molecule has 0 aliphatic carbocycles. The van der Waals surface area contributed by atoms with Crippen LogP contribution in [-0.2, 0) is 0 Å². The molecule has 0 atom stereocenters. The summed E-state index contributed by atoms with van der Waals surface area (Å²) in [4.78, 5) is 0. The minimum Gasteiger partial charge on any atom is -0.314 e. The zero-order valence-corrected chi connectivity index (χ0v) is 17.1. The van der Waals surface area contributed by atoms with Crippen molar-refractivity contribution in [3.8, 4) is 11.4 Å². The third kappa shape index (κ3) is 2.31. The predicted octanol–water partition coefficient (Wildman–Crippen LogP) is 7.34. The molecule has 144 valence electrons. The number of hydrogen-bond acceptors (Lipinski definition) is 0. The summed E-state index contributed by atoms with van der Waals surface area (Å²) in [6.45, 7) is 4.45. The summed E-state index contributed by atoms with van der Waals surface area (Å²) in [6, 6.07) is 34.8. The van der Waals surface area contributed by atoms with Crippen molar-refractivity contribution in [3.05, 3.63) is 108 Å². The molecule has 2 heteroatoms. The number of nitrogens with zero attached hydrogens (tertiary/aromatic N) is 2. The molecule has 0 spiro atoms. The fraction of sp³-hybridized carbons (Fsp3) is 0.0714. The number of para-hydroxylation sites is 3. The van der Waals surface area contributed by atoms with Crippen LogP contribution in [0.1, 0.15) is 11.3 Å². The SMILES string of the molecule is Cc1c(C)n(-c2ccccc2)c2cc3c4ccccc4n(-c4ccccc4)c3cc12. The van der Waals surface area contributed by atoms with Crippen LogP contribution < -0.4 is 0 Å². The highest BCUT2D eigenvalue weighted by Gasteiger charge is 2.18. The molecule has 0 fully saturated rings. The molecule has 6 aromatic rings. The molecule has 0 bridgehead atoms. The van der Waals surface area contributed by atoms with Gasteiger partial charge in [-0.2, -0.15) is 0 Å². The second kappa shape index (κ2) is 6.36. The molecule has 0 radical (unpaired) electrons. The normalized spacial score (nSPS) is 11.7. The Hall–Kier alpha value is -3.78. The summed E-state index contributed by atoms with van der Waals surface area (Å²) in [5.74, 6) is 0. The summed E-state index contributed by atoms with van der Waals surface area (Å²) in [5.41, 5.74) is 8.79. The number of fused-ring (bicyclic) bond motifs is 4. The molecule has 2 aromatic heterocycles. The van der Waals surface area contributed by atoms with Crippen molar-refractivity contribution in [2.24, 2.45) is 0 Å². The van der Waals surface area contributed by atoms with E-state index >= 15 is 0 Å². The fourth-order valence-corrected chi connectivity index (χ4v) is 4.80. The van der Waals surface area contributed by atoms with Gasteiger partial charge in [-0.25, -0.2) is 0 Å². The minimum atomic E-state index is 1.19. The second-order valence-corrected chi connectivity index (χ2v) is 7.96. The van der Waals surface area contributed by atoms with Crippen LogP contribution in [0.4, 0.5) is 0 Å². The van der Waals surface area contributed by atoms with E-state index in [4.69, 9.17) is 0 Å². The predicted molar refractivity (Wildman–Crippen MR) is 127 cm³/mol. The minimum absolute atomic E-state index is 1.19. The highest BCUT2D eigenvalue weighted by Crippen LogP contribution is 2.37. The average molecular weight is 386 g/mol. The van der Waals surface area contributed by atoms with E-state index in [-0.39, 0.29) is 0 Å². The van der Waals surface area contributed by atoms with Crippen LogP contribution in [0.3, 0.4) is 0 Å². The van der Waals surface area contributed by atoms with Gasteiger partial charge in [-0.3, -0.25) is 0 Å². The van der Waals surface area contributed by atoms with Gasteiger partial charge in [0.05, 0.1) is 16.6 Å². The molecule has 2 nitrogen and oxygen atoms in total. The quantitative estimate of drug-likeness (QED) is 0.294. The molecule has 0 saturated carbocycles. The van der Waals surface area contributed by atoms with Gasteiger partial charge in [0.2, 0.25) is 0 Å². The van der Waals surface area contributed by atoms with Crippen molar-refractivity contribution in [2.45, 2.75) is 13.8 Å². The van der Waals surface area contributed by atoms with Crippen LogP contribution in [0.15, 0.2) is 97.1 Å². The van der Waals surface area contributed by atoms with Crippen molar-refractivity contribution >= 4 is 32.7 Å². The molecule has 0 aliphatic heterocycles. The zero-order valence-electron chi connectivity index (χ0n) is 17.1. The van der Waals surface area contributed by atoms with Crippen molar-refractivity contribution in [1.82, 2.24) is 9.13 Å². The summed E-state index contributed by atoms with van der Waals surface area (Å²) < 4.78 is 4.78. The molecule has 6 rings (SSSR count). The average Bonchev–Trinajstić information content (AvgIpc) is 3.25. The third-order valence-corrected chi connectivity index (χ3v) is 6.34. The first-order chi connectivity index (χ1) is 14.7. The van der Waals surface area contributed by atoms with Crippen LogP contribution in [0.2, 0.25) is 0 Å². The van der Waals surface area contributed by atoms with Gasteiger partial charge < -0.3 is 9.13 Å². The first-order valence-electron chi connectivity index (χ1n) is 10.4. The number of aryl methyl sites for hydroxylation is 1. The Bertz CT molecular complexity index is 1530. The maximum atomic E-state index is 2.39. The van der Waals surface area contributed by atoms with E-state index in [9.17, 15) is 0 Å².